The fourth-order valence-corrected chi connectivity index (χ4v) is 3.89. The van der Waals surface area contributed by atoms with Crippen molar-refractivity contribution in [1.82, 2.24) is 14.5 Å². The molecule has 3 rings (SSSR count). The number of hydrogen-bond donors (Lipinski definition) is 2. The summed E-state index contributed by atoms with van der Waals surface area (Å²) in [5.74, 6) is -0.708. The Morgan fingerprint density at radius 3 is 2.42 bits per heavy atom. The van der Waals surface area contributed by atoms with Crippen LogP contribution in [0, 0.1) is 11.3 Å². The number of urea groups is 1. The number of esters is 1. The summed E-state index contributed by atoms with van der Waals surface area (Å²) < 4.78 is 33.1. The number of amides is 2. The zero-order valence-electron chi connectivity index (χ0n) is 17.3. The van der Waals surface area contributed by atoms with Crippen molar-refractivity contribution in [1.29, 1.82) is 5.26 Å². The molecule has 0 spiro atoms. The molecule has 2 N–H and O–H groups in total. The first-order chi connectivity index (χ1) is 15.7. The third-order valence-electron chi connectivity index (χ3n) is 4.27. The number of halogens is 1. The minimum Gasteiger partial charge on any atom is -0.466 e. The molecule has 10 nitrogen and oxygen atoms in total. The van der Waals surface area contributed by atoms with E-state index in [1.807, 2.05) is 10.8 Å². The van der Waals surface area contributed by atoms with E-state index in [1.54, 1.807) is 37.3 Å². The molecule has 170 valence electrons. The van der Waals surface area contributed by atoms with E-state index < -0.39 is 22.0 Å². The van der Waals surface area contributed by atoms with Crippen LogP contribution in [-0.2, 0) is 26.0 Å². The summed E-state index contributed by atoms with van der Waals surface area (Å²) in [6.45, 7) is 1.79. The number of carbonyl (C=O) groups excluding carboxylic acids is 2. The molecule has 0 aliphatic rings. The summed E-state index contributed by atoms with van der Waals surface area (Å²) in [6, 6.07) is 14.5. The van der Waals surface area contributed by atoms with E-state index in [4.69, 9.17) is 16.3 Å². The number of benzene rings is 2. The summed E-state index contributed by atoms with van der Waals surface area (Å²) in [5, 5.41) is 16.7. The van der Waals surface area contributed by atoms with Gasteiger partial charge in [-0.1, -0.05) is 29.8 Å². The Labute approximate surface area is 194 Å². The van der Waals surface area contributed by atoms with E-state index in [0.717, 1.165) is 0 Å². The Morgan fingerprint density at radius 1 is 1.15 bits per heavy atom. The van der Waals surface area contributed by atoms with Gasteiger partial charge in [0.05, 0.1) is 29.3 Å². The first-order valence-corrected chi connectivity index (χ1v) is 11.4. The van der Waals surface area contributed by atoms with E-state index in [-0.39, 0.29) is 35.0 Å². The number of ether oxygens (including phenoxy) is 1. The maximum atomic E-state index is 12.6. The van der Waals surface area contributed by atoms with Crippen LogP contribution >= 0.6 is 11.6 Å². The molecule has 0 unspecified atom stereocenters. The molecule has 12 heteroatoms. The third-order valence-corrected chi connectivity index (χ3v) is 5.87. The molecular weight excluding hydrogens is 470 g/mol. The van der Waals surface area contributed by atoms with Crippen LogP contribution in [-0.4, -0.2) is 36.8 Å². The molecule has 1 heterocycles. The van der Waals surface area contributed by atoms with E-state index in [1.165, 1.54) is 28.9 Å². The second kappa shape index (κ2) is 10.2. The van der Waals surface area contributed by atoms with Crippen molar-refractivity contribution in [2.75, 3.05) is 11.9 Å². The number of rotatable bonds is 7. The fourth-order valence-electron chi connectivity index (χ4n) is 2.85. The maximum Gasteiger partial charge on any atom is 0.334 e. The molecule has 0 aliphatic carbocycles. The second-order valence-electron chi connectivity index (χ2n) is 6.52. The van der Waals surface area contributed by atoms with E-state index in [9.17, 15) is 23.3 Å². The van der Waals surface area contributed by atoms with Crippen LogP contribution in [0.25, 0.3) is 5.69 Å². The molecule has 0 bridgehead atoms. The zero-order valence-corrected chi connectivity index (χ0v) is 18.9. The van der Waals surface area contributed by atoms with Crippen molar-refractivity contribution in [2.24, 2.45) is 0 Å². The SMILES string of the molecule is CCOC(=O)Cc1nn(-c2ccccc2)c(NC(=O)NS(=O)(=O)c2ccc(Cl)cc2)c1C#N. The van der Waals surface area contributed by atoms with Gasteiger partial charge in [0.25, 0.3) is 10.0 Å². The Morgan fingerprint density at radius 2 is 1.82 bits per heavy atom. The minimum atomic E-state index is -4.22. The molecule has 2 aromatic carbocycles. The van der Waals surface area contributed by atoms with Gasteiger partial charge in [0.2, 0.25) is 0 Å². The smallest absolute Gasteiger partial charge is 0.334 e. The summed E-state index contributed by atoms with van der Waals surface area (Å²) in [6.07, 6.45) is -0.310. The normalized spacial score (nSPS) is 10.8. The first-order valence-electron chi connectivity index (χ1n) is 9.57. The average molecular weight is 488 g/mol. The number of aromatic nitrogens is 2. The quantitative estimate of drug-likeness (QED) is 0.487. The molecule has 0 aliphatic heterocycles. The molecule has 0 radical (unpaired) electrons. The minimum absolute atomic E-state index is 0.0654. The van der Waals surface area contributed by atoms with Gasteiger partial charge < -0.3 is 4.74 Å². The number of sulfonamides is 1. The monoisotopic (exact) mass is 487 g/mol. The Bertz CT molecular complexity index is 1320. The molecule has 0 saturated heterocycles. The van der Waals surface area contributed by atoms with Gasteiger partial charge in [-0.25, -0.2) is 22.6 Å². The van der Waals surface area contributed by atoms with Crippen molar-refractivity contribution in [3.05, 3.63) is 70.9 Å². The van der Waals surface area contributed by atoms with Gasteiger partial charge in [0, 0.05) is 5.02 Å². The van der Waals surface area contributed by atoms with Crippen LogP contribution in [0.1, 0.15) is 18.2 Å². The topological polar surface area (TPSA) is 143 Å². The second-order valence-corrected chi connectivity index (χ2v) is 8.64. The predicted molar refractivity (Wildman–Crippen MR) is 119 cm³/mol. The lowest BCUT2D eigenvalue weighted by Crippen LogP contribution is -2.35. The Balaban J connectivity index is 1.95. The lowest BCUT2D eigenvalue weighted by molar-refractivity contribution is -0.142. The summed E-state index contributed by atoms with van der Waals surface area (Å²) in [7, 11) is -4.22. The number of carbonyl (C=O) groups is 2. The molecular formula is C21H18ClN5O5S. The standard InChI is InChI=1S/C21H18ClN5O5S/c1-2-32-19(28)12-18-17(13-23)20(27(25-18)15-6-4-3-5-7-15)24-21(29)26-33(30,31)16-10-8-14(22)9-11-16/h3-11H,2,12H2,1H3,(H2,24,26,29). The Kier molecular flexibility index (Phi) is 7.32. The summed E-state index contributed by atoms with van der Waals surface area (Å²) >= 11 is 5.77. The zero-order chi connectivity index (χ0) is 24.0. The highest BCUT2D eigenvalue weighted by Gasteiger charge is 2.25. The fraction of sp³-hybridized carbons (Fsp3) is 0.143. The largest absolute Gasteiger partial charge is 0.466 e. The van der Waals surface area contributed by atoms with Crippen molar-refractivity contribution >= 4 is 39.4 Å². The van der Waals surface area contributed by atoms with E-state index in [0.29, 0.717) is 10.7 Å². The average Bonchev–Trinajstić information content (AvgIpc) is 3.10. The van der Waals surface area contributed by atoms with E-state index in [2.05, 4.69) is 10.4 Å². The van der Waals surface area contributed by atoms with Crippen molar-refractivity contribution in [3.63, 3.8) is 0 Å². The van der Waals surface area contributed by atoms with Gasteiger partial charge in [0.1, 0.15) is 11.6 Å². The molecule has 0 fully saturated rings. The van der Waals surface area contributed by atoms with Crippen LogP contribution in [0.2, 0.25) is 5.02 Å². The van der Waals surface area contributed by atoms with Crippen molar-refractivity contribution < 1.29 is 22.7 Å². The van der Waals surface area contributed by atoms with Crippen LogP contribution in [0.15, 0.2) is 59.5 Å². The van der Waals surface area contributed by atoms with Crippen LogP contribution in [0.3, 0.4) is 0 Å². The highest BCUT2D eigenvalue weighted by Crippen LogP contribution is 2.24. The highest BCUT2D eigenvalue weighted by molar-refractivity contribution is 7.90. The number of nitrogens with zero attached hydrogens (tertiary/aromatic N) is 3. The van der Waals surface area contributed by atoms with Gasteiger partial charge in [-0.2, -0.15) is 10.4 Å². The van der Waals surface area contributed by atoms with Gasteiger partial charge in [-0.15, -0.1) is 0 Å². The lowest BCUT2D eigenvalue weighted by atomic mass is 10.2. The van der Waals surface area contributed by atoms with Crippen molar-refractivity contribution in [2.45, 2.75) is 18.2 Å². The number of nitrogens with one attached hydrogen (secondary N) is 2. The summed E-state index contributed by atoms with van der Waals surface area (Å²) in [4.78, 5) is 24.4. The molecule has 0 saturated carbocycles. The predicted octanol–water partition coefficient (Wildman–Crippen LogP) is 3.01. The molecule has 0 atom stereocenters. The molecule has 2 amide bonds. The van der Waals surface area contributed by atoms with E-state index >= 15 is 0 Å². The molecule has 3 aromatic rings. The number of nitriles is 1. The Hall–Kier alpha value is -3.88. The highest BCUT2D eigenvalue weighted by atomic mass is 35.5. The summed E-state index contributed by atoms with van der Waals surface area (Å²) in [5.41, 5.74) is 0.432. The van der Waals surface area contributed by atoms with Gasteiger partial charge in [0.15, 0.2) is 5.82 Å². The number of hydrogen-bond acceptors (Lipinski definition) is 7. The van der Waals surface area contributed by atoms with Gasteiger partial charge >= 0.3 is 12.0 Å². The van der Waals surface area contributed by atoms with Crippen LogP contribution in [0.4, 0.5) is 10.6 Å². The van der Waals surface area contributed by atoms with Gasteiger partial charge in [-0.3, -0.25) is 10.1 Å². The van der Waals surface area contributed by atoms with Crippen LogP contribution < -0.4 is 10.0 Å². The van der Waals surface area contributed by atoms with Crippen molar-refractivity contribution in [3.8, 4) is 11.8 Å². The third kappa shape index (κ3) is 5.68. The molecule has 1 aromatic heterocycles. The maximum absolute atomic E-state index is 12.6. The first kappa shape index (κ1) is 23.8. The van der Waals surface area contributed by atoms with Gasteiger partial charge in [-0.05, 0) is 43.3 Å². The number of anilines is 1. The molecule has 33 heavy (non-hydrogen) atoms. The number of para-hydroxylation sites is 1. The lowest BCUT2D eigenvalue weighted by Gasteiger charge is -2.11. The van der Waals surface area contributed by atoms with Crippen LogP contribution in [0.5, 0.6) is 0 Å².